The van der Waals surface area contributed by atoms with E-state index >= 15 is 0 Å². The Morgan fingerprint density at radius 3 is 2.59 bits per heavy atom. The topological polar surface area (TPSA) is 49.7 Å². The van der Waals surface area contributed by atoms with Crippen LogP contribution in [0.3, 0.4) is 0 Å². The summed E-state index contributed by atoms with van der Waals surface area (Å²) in [5.41, 5.74) is 4.10. The van der Waals surface area contributed by atoms with Gasteiger partial charge in [0, 0.05) is 0 Å². The molecule has 2 fully saturated rings. The van der Waals surface area contributed by atoms with Crippen molar-refractivity contribution in [2.45, 2.75) is 56.8 Å². The normalized spacial score (nSPS) is 34.4. The second-order valence-electron chi connectivity index (χ2n) is 8.64. The molecule has 0 heterocycles. The minimum Gasteiger partial charge on any atom is -0.489 e. The average molecular weight is 364 g/mol. The first-order valence-electron chi connectivity index (χ1n) is 10.4. The monoisotopic (exact) mass is 364 g/mol. The van der Waals surface area contributed by atoms with Crippen molar-refractivity contribution in [1.82, 2.24) is 0 Å². The predicted octanol–water partition coefficient (Wildman–Crippen LogP) is 4.06. The molecule has 0 amide bonds. The molecule has 2 N–H and O–H groups in total. The lowest BCUT2D eigenvalue weighted by molar-refractivity contribution is 0.00656. The van der Waals surface area contributed by atoms with Gasteiger partial charge in [0.15, 0.2) is 0 Å². The summed E-state index contributed by atoms with van der Waals surface area (Å²) in [6, 6.07) is 16.9. The standard InChI is InChI=1S/C24H28O3/c25-23-13-22-20-8-6-16-12-17(27-14-15-4-2-1-3-5-15)7-9-18(16)19(20)10-11-21(22)24(23)26/h1-5,7,9,12,19-26H,6,8,10-11,13-14H2/t19?,20?,21?,22?,23-,24-/m1/s1. The molecule has 27 heavy (non-hydrogen) atoms. The maximum absolute atomic E-state index is 10.3. The zero-order chi connectivity index (χ0) is 18.4. The van der Waals surface area contributed by atoms with Crippen LogP contribution in [-0.2, 0) is 13.0 Å². The third-order valence-electron chi connectivity index (χ3n) is 7.28. The molecule has 3 heteroatoms. The molecular formula is C24H28O3. The molecule has 0 radical (unpaired) electrons. The molecule has 142 valence electrons. The van der Waals surface area contributed by atoms with Crippen molar-refractivity contribution in [3.05, 3.63) is 65.2 Å². The quantitative estimate of drug-likeness (QED) is 0.863. The average Bonchev–Trinajstić information content (AvgIpc) is 3.01. The van der Waals surface area contributed by atoms with Crippen molar-refractivity contribution >= 4 is 0 Å². The van der Waals surface area contributed by atoms with Gasteiger partial charge in [-0.3, -0.25) is 0 Å². The first-order chi connectivity index (χ1) is 13.2. The van der Waals surface area contributed by atoms with E-state index in [0.717, 1.165) is 31.4 Å². The van der Waals surface area contributed by atoms with Gasteiger partial charge in [-0.15, -0.1) is 0 Å². The highest BCUT2D eigenvalue weighted by Gasteiger charge is 2.50. The van der Waals surface area contributed by atoms with E-state index in [1.807, 2.05) is 18.2 Å². The molecule has 0 bridgehead atoms. The van der Waals surface area contributed by atoms with Crippen LogP contribution in [0, 0.1) is 17.8 Å². The van der Waals surface area contributed by atoms with E-state index < -0.39 is 12.2 Å². The Morgan fingerprint density at radius 2 is 1.74 bits per heavy atom. The number of aryl methyl sites for hydroxylation is 1. The summed E-state index contributed by atoms with van der Waals surface area (Å²) in [7, 11) is 0. The van der Waals surface area contributed by atoms with Crippen LogP contribution >= 0.6 is 0 Å². The number of aliphatic hydroxyl groups is 2. The van der Waals surface area contributed by atoms with Gasteiger partial charge in [0.1, 0.15) is 12.4 Å². The van der Waals surface area contributed by atoms with Gasteiger partial charge in [0.25, 0.3) is 0 Å². The Kier molecular flexibility index (Phi) is 4.45. The lowest BCUT2D eigenvalue weighted by Crippen LogP contribution is -2.37. The predicted molar refractivity (Wildman–Crippen MR) is 105 cm³/mol. The Balaban J connectivity index is 1.33. The van der Waals surface area contributed by atoms with Crippen LogP contribution in [0.4, 0.5) is 0 Å². The molecule has 0 aromatic heterocycles. The summed E-state index contributed by atoms with van der Waals surface area (Å²) < 4.78 is 6.03. The molecule has 3 aliphatic rings. The Labute approximate surface area is 161 Å². The smallest absolute Gasteiger partial charge is 0.120 e. The van der Waals surface area contributed by atoms with Crippen molar-refractivity contribution in [3.8, 4) is 5.75 Å². The van der Waals surface area contributed by atoms with Gasteiger partial charge in [-0.25, -0.2) is 0 Å². The van der Waals surface area contributed by atoms with Gasteiger partial charge in [-0.1, -0.05) is 36.4 Å². The van der Waals surface area contributed by atoms with Crippen LogP contribution < -0.4 is 4.74 Å². The summed E-state index contributed by atoms with van der Waals surface area (Å²) in [5.74, 6) is 2.93. The molecule has 6 atom stereocenters. The van der Waals surface area contributed by atoms with E-state index in [-0.39, 0.29) is 0 Å². The SMILES string of the molecule is O[C@@H]1CC2C3CCc4cc(OCc5ccccc5)ccc4C3CCC2[C@H]1O. The molecule has 4 unspecified atom stereocenters. The van der Waals surface area contributed by atoms with Crippen LogP contribution in [-0.4, -0.2) is 22.4 Å². The number of benzene rings is 2. The van der Waals surface area contributed by atoms with Crippen molar-refractivity contribution in [3.63, 3.8) is 0 Å². The summed E-state index contributed by atoms with van der Waals surface area (Å²) in [6.45, 7) is 0.602. The Hall–Kier alpha value is -1.84. The van der Waals surface area contributed by atoms with Crippen LogP contribution in [0.1, 0.15) is 48.3 Å². The number of hydrogen-bond acceptors (Lipinski definition) is 3. The maximum Gasteiger partial charge on any atom is 0.120 e. The molecule has 0 aliphatic heterocycles. The zero-order valence-corrected chi connectivity index (χ0v) is 15.6. The number of ether oxygens (including phenoxy) is 1. The van der Waals surface area contributed by atoms with Gasteiger partial charge in [0.2, 0.25) is 0 Å². The lowest BCUT2D eigenvalue weighted by atomic mass is 9.61. The molecule has 5 rings (SSSR count). The maximum atomic E-state index is 10.3. The van der Waals surface area contributed by atoms with Gasteiger partial charge in [0.05, 0.1) is 12.2 Å². The van der Waals surface area contributed by atoms with Gasteiger partial charge in [-0.05, 0) is 84.6 Å². The number of hydrogen-bond donors (Lipinski definition) is 2. The van der Waals surface area contributed by atoms with Crippen LogP contribution in [0.5, 0.6) is 5.75 Å². The first-order valence-corrected chi connectivity index (χ1v) is 10.4. The fraction of sp³-hybridized carbons (Fsp3) is 0.500. The molecule has 2 aromatic rings. The van der Waals surface area contributed by atoms with E-state index in [2.05, 4.69) is 30.3 Å². The highest BCUT2D eigenvalue weighted by molar-refractivity contribution is 5.40. The summed E-state index contributed by atoms with van der Waals surface area (Å²) in [6.07, 6.45) is 4.16. The Bertz CT molecular complexity index is 803. The highest BCUT2D eigenvalue weighted by Crippen LogP contribution is 2.55. The number of fused-ring (bicyclic) bond motifs is 5. The van der Waals surface area contributed by atoms with E-state index in [9.17, 15) is 10.2 Å². The van der Waals surface area contributed by atoms with E-state index in [0.29, 0.717) is 30.3 Å². The first kappa shape index (κ1) is 17.3. The lowest BCUT2D eigenvalue weighted by Gasteiger charge is -2.44. The fourth-order valence-electron chi connectivity index (χ4n) is 6.01. The van der Waals surface area contributed by atoms with E-state index in [4.69, 9.17) is 4.74 Å². The summed E-state index contributed by atoms with van der Waals surface area (Å²) in [5, 5.41) is 20.4. The molecular weight excluding hydrogens is 336 g/mol. The minimum absolute atomic E-state index is 0.302. The second kappa shape index (κ2) is 6.96. The minimum atomic E-state index is -0.520. The Morgan fingerprint density at radius 1 is 0.889 bits per heavy atom. The van der Waals surface area contributed by atoms with Gasteiger partial charge >= 0.3 is 0 Å². The second-order valence-corrected chi connectivity index (χ2v) is 8.64. The largest absolute Gasteiger partial charge is 0.489 e. The number of rotatable bonds is 3. The van der Waals surface area contributed by atoms with Crippen molar-refractivity contribution < 1.29 is 14.9 Å². The third kappa shape index (κ3) is 3.07. The molecule has 3 aliphatic carbocycles. The van der Waals surface area contributed by atoms with E-state index in [1.165, 1.54) is 23.1 Å². The van der Waals surface area contributed by atoms with Crippen LogP contribution in [0.25, 0.3) is 0 Å². The number of aliphatic hydroxyl groups excluding tert-OH is 2. The molecule has 2 saturated carbocycles. The van der Waals surface area contributed by atoms with Crippen molar-refractivity contribution in [2.24, 2.45) is 17.8 Å². The molecule has 0 spiro atoms. The zero-order valence-electron chi connectivity index (χ0n) is 15.6. The van der Waals surface area contributed by atoms with Crippen LogP contribution in [0.2, 0.25) is 0 Å². The molecule has 3 nitrogen and oxygen atoms in total. The molecule has 2 aromatic carbocycles. The van der Waals surface area contributed by atoms with Crippen LogP contribution in [0.15, 0.2) is 48.5 Å². The summed E-state index contributed by atoms with van der Waals surface area (Å²) >= 11 is 0. The van der Waals surface area contributed by atoms with Gasteiger partial charge in [-0.2, -0.15) is 0 Å². The summed E-state index contributed by atoms with van der Waals surface area (Å²) in [4.78, 5) is 0. The van der Waals surface area contributed by atoms with E-state index in [1.54, 1.807) is 0 Å². The third-order valence-corrected chi connectivity index (χ3v) is 7.28. The van der Waals surface area contributed by atoms with Crippen molar-refractivity contribution in [2.75, 3.05) is 0 Å². The highest BCUT2D eigenvalue weighted by atomic mass is 16.5. The van der Waals surface area contributed by atoms with Crippen molar-refractivity contribution in [1.29, 1.82) is 0 Å². The van der Waals surface area contributed by atoms with Gasteiger partial charge < -0.3 is 14.9 Å². The fourth-order valence-corrected chi connectivity index (χ4v) is 6.01. The molecule has 0 saturated heterocycles.